The van der Waals surface area contributed by atoms with Crippen molar-refractivity contribution in [2.45, 2.75) is 13.8 Å². The first-order valence-corrected chi connectivity index (χ1v) is 6.44. The number of aromatic hydroxyl groups is 2. The molecule has 2 N–H and O–H groups in total. The van der Waals surface area contributed by atoms with Crippen LogP contribution in [-0.2, 0) is 0 Å². The SMILES string of the molecule is Cc1c(O)c(C)c2oc3cc(Cl)c(Cl)n3c(=O)c2c1O. The fourth-order valence-corrected chi connectivity index (χ4v) is 2.62. The second-order valence-electron chi connectivity index (χ2n) is 4.52. The maximum atomic E-state index is 12.5. The number of halogens is 2. The molecule has 20 heavy (non-hydrogen) atoms. The highest BCUT2D eigenvalue weighted by atomic mass is 35.5. The molecule has 0 spiro atoms. The number of benzene rings is 1. The lowest BCUT2D eigenvalue weighted by Gasteiger charge is -2.10. The number of phenolic OH excluding ortho intramolecular Hbond substituents is 2. The molecule has 104 valence electrons. The van der Waals surface area contributed by atoms with Gasteiger partial charge < -0.3 is 14.6 Å². The molecule has 0 saturated heterocycles. The van der Waals surface area contributed by atoms with E-state index < -0.39 is 5.56 Å². The fraction of sp³-hybridized carbons (Fsp3) is 0.154. The third-order valence-electron chi connectivity index (χ3n) is 3.36. The molecule has 0 unspecified atom stereocenters. The Labute approximate surface area is 122 Å². The molecule has 0 aliphatic heterocycles. The minimum atomic E-state index is -0.554. The van der Waals surface area contributed by atoms with Crippen molar-refractivity contribution in [1.29, 1.82) is 0 Å². The molecule has 1 aromatic carbocycles. The second kappa shape index (κ2) is 4.07. The van der Waals surface area contributed by atoms with Gasteiger partial charge >= 0.3 is 0 Å². The smallest absolute Gasteiger partial charge is 0.273 e. The minimum Gasteiger partial charge on any atom is -0.507 e. The molecule has 7 heteroatoms. The van der Waals surface area contributed by atoms with E-state index in [-0.39, 0.29) is 43.9 Å². The van der Waals surface area contributed by atoms with Crippen LogP contribution in [0.1, 0.15) is 11.1 Å². The summed E-state index contributed by atoms with van der Waals surface area (Å²) < 4.78 is 6.62. The van der Waals surface area contributed by atoms with E-state index in [4.69, 9.17) is 27.6 Å². The van der Waals surface area contributed by atoms with E-state index in [1.54, 1.807) is 6.92 Å². The van der Waals surface area contributed by atoms with Crippen molar-refractivity contribution < 1.29 is 14.6 Å². The summed E-state index contributed by atoms with van der Waals surface area (Å²) in [5, 5.41) is 20.2. The number of fused-ring (bicyclic) bond motifs is 2. The van der Waals surface area contributed by atoms with E-state index in [1.165, 1.54) is 13.0 Å². The van der Waals surface area contributed by atoms with E-state index in [0.29, 0.717) is 5.56 Å². The van der Waals surface area contributed by atoms with Crippen molar-refractivity contribution in [1.82, 2.24) is 4.40 Å². The molecular formula is C13H9Cl2NO4. The number of phenols is 2. The van der Waals surface area contributed by atoms with E-state index >= 15 is 0 Å². The zero-order valence-corrected chi connectivity index (χ0v) is 12.0. The van der Waals surface area contributed by atoms with Gasteiger partial charge in [-0.25, -0.2) is 4.40 Å². The standard InChI is InChI=1S/C13H9Cl2NO4/c1-4-9(17)5(2)11-8(10(4)18)13(19)16-7(20-11)3-6(14)12(16)15/h3,17-18H,1-2H3. The molecule has 0 amide bonds. The second-order valence-corrected chi connectivity index (χ2v) is 5.28. The largest absolute Gasteiger partial charge is 0.507 e. The van der Waals surface area contributed by atoms with E-state index in [1.807, 2.05) is 0 Å². The van der Waals surface area contributed by atoms with Crippen molar-refractivity contribution in [2.75, 3.05) is 0 Å². The highest BCUT2D eigenvalue weighted by Gasteiger charge is 2.21. The molecule has 0 saturated carbocycles. The Bertz CT molecular complexity index is 940. The maximum Gasteiger partial charge on any atom is 0.273 e. The molecule has 5 nitrogen and oxygen atoms in total. The molecule has 0 aliphatic rings. The van der Waals surface area contributed by atoms with Crippen molar-refractivity contribution in [3.63, 3.8) is 0 Å². The summed E-state index contributed by atoms with van der Waals surface area (Å²) in [6.45, 7) is 3.10. The molecular weight excluding hydrogens is 305 g/mol. The van der Waals surface area contributed by atoms with Crippen molar-refractivity contribution in [2.24, 2.45) is 0 Å². The van der Waals surface area contributed by atoms with Gasteiger partial charge in [-0.2, -0.15) is 0 Å². The predicted octanol–water partition coefficient (Wildman–Crippen LogP) is 3.38. The Morgan fingerprint density at radius 1 is 1.15 bits per heavy atom. The lowest BCUT2D eigenvalue weighted by molar-refractivity contribution is 0.442. The Hall–Kier alpha value is -1.85. The Balaban J connectivity index is 2.72. The summed E-state index contributed by atoms with van der Waals surface area (Å²) in [5.74, 6) is -0.453. The van der Waals surface area contributed by atoms with Gasteiger partial charge in [0, 0.05) is 17.2 Å². The predicted molar refractivity (Wildman–Crippen MR) is 76.3 cm³/mol. The molecule has 0 atom stereocenters. The quantitative estimate of drug-likeness (QED) is 0.667. The van der Waals surface area contributed by atoms with Crippen LogP contribution in [0.25, 0.3) is 16.7 Å². The van der Waals surface area contributed by atoms with Crippen LogP contribution in [0.15, 0.2) is 15.3 Å². The highest BCUT2D eigenvalue weighted by molar-refractivity contribution is 6.42. The third-order valence-corrected chi connectivity index (χ3v) is 4.12. The first-order chi connectivity index (χ1) is 9.34. The molecule has 0 bridgehead atoms. The zero-order valence-electron chi connectivity index (χ0n) is 10.5. The summed E-state index contributed by atoms with van der Waals surface area (Å²) in [6, 6.07) is 1.40. The molecule has 2 heterocycles. The van der Waals surface area contributed by atoms with Gasteiger partial charge in [-0.3, -0.25) is 4.79 Å². The zero-order chi connectivity index (χ0) is 14.8. The van der Waals surface area contributed by atoms with Gasteiger partial charge in [-0.15, -0.1) is 0 Å². The van der Waals surface area contributed by atoms with E-state index in [9.17, 15) is 15.0 Å². The number of hydrogen-bond acceptors (Lipinski definition) is 4. The number of nitrogens with zero attached hydrogens (tertiary/aromatic N) is 1. The first kappa shape index (κ1) is 13.1. The average molecular weight is 314 g/mol. The summed E-state index contributed by atoms with van der Waals surface area (Å²) in [6.07, 6.45) is 0. The first-order valence-electron chi connectivity index (χ1n) is 5.69. The number of rotatable bonds is 0. The fourth-order valence-electron chi connectivity index (χ4n) is 2.23. The van der Waals surface area contributed by atoms with Crippen LogP contribution >= 0.6 is 23.2 Å². The van der Waals surface area contributed by atoms with Crippen molar-refractivity contribution in [3.8, 4) is 11.5 Å². The van der Waals surface area contributed by atoms with Crippen molar-refractivity contribution in [3.05, 3.63) is 37.7 Å². The maximum absolute atomic E-state index is 12.5. The highest BCUT2D eigenvalue weighted by Crippen LogP contribution is 2.38. The molecule has 2 aromatic heterocycles. The Morgan fingerprint density at radius 2 is 1.80 bits per heavy atom. The van der Waals surface area contributed by atoms with Gasteiger partial charge in [0.15, 0.2) is 5.58 Å². The summed E-state index contributed by atoms with van der Waals surface area (Å²) in [4.78, 5) is 12.5. The van der Waals surface area contributed by atoms with Crippen LogP contribution < -0.4 is 5.56 Å². The lowest BCUT2D eigenvalue weighted by Crippen LogP contribution is -2.13. The average Bonchev–Trinajstić information content (AvgIpc) is 2.69. The third kappa shape index (κ3) is 1.47. The van der Waals surface area contributed by atoms with Gasteiger partial charge in [0.1, 0.15) is 22.0 Å². The summed E-state index contributed by atoms with van der Waals surface area (Å²) in [5.41, 5.74) is 0.262. The van der Waals surface area contributed by atoms with Crippen LogP contribution in [0.2, 0.25) is 10.2 Å². The van der Waals surface area contributed by atoms with Gasteiger partial charge in [0.25, 0.3) is 5.56 Å². The number of hydrogen-bond donors (Lipinski definition) is 2. The summed E-state index contributed by atoms with van der Waals surface area (Å²) >= 11 is 11.8. The van der Waals surface area contributed by atoms with E-state index in [0.717, 1.165) is 4.40 Å². The van der Waals surface area contributed by atoms with Crippen molar-refractivity contribution >= 4 is 39.9 Å². The molecule has 0 aliphatic carbocycles. The van der Waals surface area contributed by atoms with Gasteiger partial charge in [0.05, 0.1) is 5.02 Å². The Kier molecular flexibility index (Phi) is 2.68. The van der Waals surface area contributed by atoms with Crippen LogP contribution in [0.3, 0.4) is 0 Å². The van der Waals surface area contributed by atoms with Crippen LogP contribution in [0.5, 0.6) is 11.5 Å². The Morgan fingerprint density at radius 3 is 2.45 bits per heavy atom. The summed E-state index contributed by atoms with van der Waals surface area (Å²) in [7, 11) is 0. The van der Waals surface area contributed by atoms with Crippen LogP contribution in [-0.4, -0.2) is 14.6 Å². The van der Waals surface area contributed by atoms with E-state index in [2.05, 4.69) is 0 Å². The normalized spacial score (nSPS) is 11.6. The number of aryl methyl sites for hydroxylation is 1. The molecule has 3 aromatic rings. The monoisotopic (exact) mass is 313 g/mol. The molecule has 3 rings (SSSR count). The topological polar surface area (TPSA) is 75.1 Å². The van der Waals surface area contributed by atoms with Gasteiger partial charge in [-0.1, -0.05) is 23.2 Å². The molecule has 0 radical (unpaired) electrons. The minimum absolute atomic E-state index is 0.0140. The van der Waals surface area contributed by atoms with Crippen LogP contribution in [0, 0.1) is 13.8 Å². The number of aromatic nitrogens is 1. The van der Waals surface area contributed by atoms with Gasteiger partial charge in [-0.05, 0) is 13.8 Å². The van der Waals surface area contributed by atoms with Crippen LogP contribution in [0.4, 0.5) is 0 Å². The van der Waals surface area contributed by atoms with Gasteiger partial charge in [0.2, 0.25) is 5.71 Å². The molecule has 0 fully saturated rings. The lowest BCUT2D eigenvalue weighted by atomic mass is 10.1.